The minimum Gasteiger partial charge on any atom is -0.479 e. The van der Waals surface area contributed by atoms with Crippen molar-refractivity contribution in [1.29, 1.82) is 0 Å². The third-order valence-electron chi connectivity index (χ3n) is 2.27. The first-order chi connectivity index (χ1) is 8.50. The van der Waals surface area contributed by atoms with Crippen LogP contribution in [0.1, 0.15) is 12.7 Å². The van der Waals surface area contributed by atoms with Crippen LogP contribution >= 0.6 is 11.6 Å². The lowest BCUT2D eigenvalue weighted by Crippen LogP contribution is -2.52. The number of nitrogens with one attached hydrogen (secondary N) is 2. The third kappa shape index (κ3) is 3.27. The van der Waals surface area contributed by atoms with Crippen molar-refractivity contribution in [2.45, 2.75) is 12.5 Å². The number of carbonyl (C=O) groups is 2. The van der Waals surface area contributed by atoms with Crippen molar-refractivity contribution >= 4 is 23.6 Å². The lowest BCUT2D eigenvalue weighted by Gasteiger charge is -2.23. The molecule has 0 aromatic carbocycles. The highest BCUT2D eigenvalue weighted by molar-refractivity contribution is 6.25. The highest BCUT2D eigenvalue weighted by Gasteiger charge is 2.39. The predicted octanol–water partition coefficient (Wildman–Crippen LogP) is 1.63. The summed E-state index contributed by atoms with van der Waals surface area (Å²) >= 11 is 5.29. The van der Waals surface area contributed by atoms with Gasteiger partial charge >= 0.3 is 12.0 Å². The van der Waals surface area contributed by atoms with Gasteiger partial charge in [-0.2, -0.15) is 0 Å². The molecule has 0 aliphatic carbocycles. The second kappa shape index (κ2) is 6.11. The average Bonchev–Trinajstić information content (AvgIpc) is 2.82. The van der Waals surface area contributed by atoms with Crippen molar-refractivity contribution < 1.29 is 19.1 Å². The third-order valence-corrected chi connectivity index (χ3v) is 2.45. The van der Waals surface area contributed by atoms with E-state index in [1.807, 2.05) is 0 Å². The van der Waals surface area contributed by atoms with Gasteiger partial charge in [0.2, 0.25) is 0 Å². The quantitative estimate of drug-likeness (QED) is 0.760. The Balaban J connectivity index is 2.75. The molecule has 6 nitrogen and oxygen atoms in total. The summed E-state index contributed by atoms with van der Waals surface area (Å²) in [5.74, 6) is -1.08. The van der Waals surface area contributed by atoms with Crippen LogP contribution in [0, 0.1) is 0 Å². The van der Waals surface area contributed by atoms with Crippen LogP contribution in [0.2, 0.25) is 0 Å². The number of halogens is 1. The molecule has 1 atom stereocenters. The molecule has 7 heteroatoms. The van der Waals surface area contributed by atoms with Crippen LogP contribution in [0.4, 0.5) is 4.79 Å². The van der Waals surface area contributed by atoms with Crippen LogP contribution in [0.25, 0.3) is 0 Å². The summed E-state index contributed by atoms with van der Waals surface area (Å²) in [4.78, 5) is 22.8. The van der Waals surface area contributed by atoms with Gasteiger partial charge in [0.25, 0.3) is 0 Å². The molecule has 3 N–H and O–H groups in total. The van der Waals surface area contributed by atoms with E-state index in [4.69, 9.17) is 16.0 Å². The largest absolute Gasteiger partial charge is 0.479 e. The minimum atomic E-state index is -1.63. The number of furan rings is 1. The van der Waals surface area contributed by atoms with Gasteiger partial charge in [0.1, 0.15) is 5.76 Å². The van der Waals surface area contributed by atoms with Crippen molar-refractivity contribution in [2.75, 3.05) is 6.54 Å². The fourth-order valence-corrected chi connectivity index (χ4v) is 1.34. The van der Waals surface area contributed by atoms with Crippen molar-refractivity contribution in [3.05, 3.63) is 35.8 Å². The van der Waals surface area contributed by atoms with Crippen LogP contribution in [0.15, 0.2) is 34.4 Å². The van der Waals surface area contributed by atoms with E-state index >= 15 is 0 Å². The van der Waals surface area contributed by atoms with Gasteiger partial charge in [0.15, 0.2) is 5.54 Å². The van der Waals surface area contributed by atoms with Gasteiger partial charge in [-0.15, -0.1) is 0 Å². The Morgan fingerprint density at radius 1 is 1.61 bits per heavy atom. The number of amides is 2. The summed E-state index contributed by atoms with van der Waals surface area (Å²) < 4.78 is 5.03. The number of carboxylic acid groups (broad SMARTS) is 1. The minimum absolute atomic E-state index is 0.137. The maximum atomic E-state index is 11.5. The molecular formula is C11H13ClN2O4. The van der Waals surface area contributed by atoms with E-state index in [1.54, 1.807) is 6.07 Å². The topological polar surface area (TPSA) is 91.6 Å². The van der Waals surface area contributed by atoms with E-state index in [9.17, 15) is 14.7 Å². The summed E-state index contributed by atoms with van der Waals surface area (Å²) in [6.45, 7) is 1.54. The van der Waals surface area contributed by atoms with Gasteiger partial charge in [-0.1, -0.05) is 17.7 Å². The molecule has 98 valence electrons. The van der Waals surface area contributed by atoms with Crippen LogP contribution < -0.4 is 10.6 Å². The van der Waals surface area contributed by atoms with Gasteiger partial charge in [0.05, 0.1) is 6.26 Å². The van der Waals surface area contributed by atoms with Crippen LogP contribution in [0.3, 0.4) is 0 Å². The van der Waals surface area contributed by atoms with E-state index in [0.29, 0.717) is 0 Å². The van der Waals surface area contributed by atoms with E-state index in [1.165, 1.54) is 30.9 Å². The molecule has 0 aliphatic rings. The molecule has 0 aliphatic heterocycles. The first-order valence-electron chi connectivity index (χ1n) is 5.09. The molecular weight excluding hydrogens is 260 g/mol. The van der Waals surface area contributed by atoms with Crippen molar-refractivity contribution in [3.8, 4) is 0 Å². The smallest absolute Gasteiger partial charge is 0.337 e. The van der Waals surface area contributed by atoms with Crippen molar-refractivity contribution in [1.82, 2.24) is 10.6 Å². The summed E-state index contributed by atoms with van der Waals surface area (Å²) in [5.41, 5.74) is -0.374. The van der Waals surface area contributed by atoms with E-state index in [2.05, 4.69) is 10.6 Å². The summed E-state index contributed by atoms with van der Waals surface area (Å²) in [6.07, 6.45) is 2.85. The molecule has 0 saturated carbocycles. The maximum absolute atomic E-state index is 11.5. The zero-order valence-electron chi connectivity index (χ0n) is 9.64. The molecule has 1 aromatic rings. The molecule has 2 amide bonds. The number of urea groups is 1. The standard InChI is InChI=1S/C11H13ClN2O4/c1-11(9(15)16,8-4-2-7-18-8)14-10(17)13-6-3-5-12/h2-5,7H,6H2,1H3,(H,15,16)(H2,13,14,17)/b5-3+. The second-order valence-corrected chi connectivity index (χ2v) is 3.86. The van der Waals surface area contributed by atoms with Crippen LogP contribution in [-0.2, 0) is 10.3 Å². The first-order valence-corrected chi connectivity index (χ1v) is 5.53. The second-order valence-electron chi connectivity index (χ2n) is 3.60. The van der Waals surface area contributed by atoms with Gasteiger partial charge in [-0.3, -0.25) is 0 Å². The lowest BCUT2D eigenvalue weighted by atomic mass is 9.99. The molecule has 18 heavy (non-hydrogen) atoms. The monoisotopic (exact) mass is 272 g/mol. The highest BCUT2D eigenvalue weighted by Crippen LogP contribution is 2.21. The molecule has 0 saturated heterocycles. The van der Waals surface area contributed by atoms with Crippen LogP contribution in [-0.4, -0.2) is 23.7 Å². The zero-order valence-corrected chi connectivity index (χ0v) is 10.4. The molecule has 0 radical (unpaired) electrons. The summed E-state index contributed by atoms with van der Waals surface area (Å²) in [6, 6.07) is 2.39. The average molecular weight is 273 g/mol. The van der Waals surface area contributed by atoms with Gasteiger partial charge in [0, 0.05) is 12.1 Å². The van der Waals surface area contributed by atoms with E-state index in [-0.39, 0.29) is 12.3 Å². The normalized spacial score (nSPS) is 14.1. The maximum Gasteiger partial charge on any atom is 0.337 e. The number of hydrogen-bond acceptors (Lipinski definition) is 3. The molecule has 0 spiro atoms. The highest BCUT2D eigenvalue weighted by atomic mass is 35.5. The molecule has 0 fully saturated rings. The van der Waals surface area contributed by atoms with Crippen LogP contribution in [0.5, 0.6) is 0 Å². The number of carbonyl (C=O) groups excluding carboxylic acids is 1. The van der Waals surface area contributed by atoms with E-state index < -0.39 is 17.5 Å². The molecule has 1 heterocycles. The zero-order chi connectivity index (χ0) is 13.6. The number of aliphatic carboxylic acids is 1. The summed E-state index contributed by atoms with van der Waals surface area (Å²) in [5, 5.41) is 14.0. The Morgan fingerprint density at radius 3 is 2.83 bits per heavy atom. The fourth-order valence-electron chi connectivity index (χ4n) is 1.25. The number of carboxylic acids is 1. The van der Waals surface area contributed by atoms with Gasteiger partial charge in [-0.05, 0) is 19.1 Å². The Bertz CT molecular complexity index is 444. The molecule has 1 rings (SSSR count). The molecule has 1 unspecified atom stereocenters. The number of hydrogen-bond donors (Lipinski definition) is 3. The number of rotatable bonds is 5. The predicted molar refractivity (Wildman–Crippen MR) is 65.2 cm³/mol. The summed E-state index contributed by atoms with van der Waals surface area (Å²) in [7, 11) is 0. The van der Waals surface area contributed by atoms with Crippen molar-refractivity contribution in [2.24, 2.45) is 0 Å². The Kier molecular flexibility index (Phi) is 4.79. The lowest BCUT2D eigenvalue weighted by molar-refractivity contribution is -0.144. The van der Waals surface area contributed by atoms with Crippen molar-refractivity contribution in [3.63, 3.8) is 0 Å². The van der Waals surface area contributed by atoms with Gasteiger partial charge < -0.3 is 20.2 Å². The first kappa shape index (κ1) is 14.1. The molecule has 0 bridgehead atoms. The Labute approximate surface area is 109 Å². The molecule has 1 aromatic heterocycles. The SMILES string of the molecule is CC(NC(=O)NC/C=C/Cl)(C(=O)O)c1ccco1. The Morgan fingerprint density at radius 2 is 2.33 bits per heavy atom. The Hall–Kier alpha value is -1.95. The van der Waals surface area contributed by atoms with Gasteiger partial charge in [-0.25, -0.2) is 9.59 Å². The van der Waals surface area contributed by atoms with E-state index in [0.717, 1.165) is 0 Å². The fraction of sp³-hybridized carbons (Fsp3) is 0.273.